The molecule has 0 radical (unpaired) electrons. The highest BCUT2D eigenvalue weighted by Crippen LogP contribution is 2.28. The molecule has 9 nitrogen and oxygen atoms in total. The van der Waals surface area contributed by atoms with Crippen LogP contribution in [0.3, 0.4) is 0 Å². The van der Waals surface area contributed by atoms with Gasteiger partial charge in [0.25, 0.3) is 0 Å². The molecule has 3 heterocycles. The van der Waals surface area contributed by atoms with Crippen LogP contribution in [0.25, 0.3) is 0 Å². The molecule has 0 bridgehead atoms. The Morgan fingerprint density at radius 1 is 1.29 bits per heavy atom. The van der Waals surface area contributed by atoms with Gasteiger partial charge in [0.1, 0.15) is 10.8 Å². The SMILES string of the molecule is C=C1CCC(=O)N(C)/C1=C(O)/C=C(\C)Nc1nc(N2CCN(C(=O)CCC(C)C)CC2)ncc1Cl. The van der Waals surface area contributed by atoms with Crippen LogP contribution in [-0.2, 0) is 9.59 Å². The summed E-state index contributed by atoms with van der Waals surface area (Å²) >= 11 is 6.33. The smallest absolute Gasteiger partial charge is 0.227 e. The van der Waals surface area contributed by atoms with Crippen molar-refractivity contribution >= 4 is 35.2 Å². The van der Waals surface area contributed by atoms with Gasteiger partial charge in [0.15, 0.2) is 5.82 Å². The maximum absolute atomic E-state index is 12.4. The molecule has 1 aromatic rings. The van der Waals surface area contributed by atoms with Gasteiger partial charge in [-0.3, -0.25) is 9.59 Å². The molecule has 0 saturated carbocycles. The van der Waals surface area contributed by atoms with Gasteiger partial charge in [-0.05, 0) is 31.3 Å². The van der Waals surface area contributed by atoms with Crippen molar-refractivity contribution in [3.63, 3.8) is 0 Å². The molecule has 1 aromatic heterocycles. The average Bonchev–Trinajstić information content (AvgIpc) is 2.81. The second-order valence-electron chi connectivity index (χ2n) is 9.41. The minimum Gasteiger partial charge on any atom is -0.506 e. The monoisotopic (exact) mass is 502 g/mol. The summed E-state index contributed by atoms with van der Waals surface area (Å²) in [5.74, 6) is 1.51. The van der Waals surface area contributed by atoms with E-state index in [2.05, 4.69) is 35.7 Å². The third-order valence-electron chi connectivity index (χ3n) is 6.18. The lowest BCUT2D eigenvalue weighted by molar-refractivity contribution is -0.132. The summed E-state index contributed by atoms with van der Waals surface area (Å²) in [5.41, 5.74) is 1.71. The molecule has 2 saturated heterocycles. The molecule has 10 heteroatoms. The van der Waals surface area contributed by atoms with Gasteiger partial charge in [-0.15, -0.1) is 0 Å². The molecular weight excluding hydrogens is 468 g/mol. The van der Waals surface area contributed by atoms with E-state index in [-0.39, 0.29) is 17.6 Å². The van der Waals surface area contributed by atoms with Crippen LogP contribution in [0, 0.1) is 5.92 Å². The summed E-state index contributed by atoms with van der Waals surface area (Å²) < 4.78 is 0. The minimum atomic E-state index is -0.0665. The molecule has 0 aromatic carbocycles. The van der Waals surface area contributed by atoms with Gasteiger partial charge in [0, 0.05) is 57.8 Å². The summed E-state index contributed by atoms with van der Waals surface area (Å²) in [4.78, 5) is 38.7. The molecule has 35 heavy (non-hydrogen) atoms. The Balaban J connectivity index is 1.68. The van der Waals surface area contributed by atoms with E-state index < -0.39 is 0 Å². The van der Waals surface area contributed by atoms with E-state index in [9.17, 15) is 14.7 Å². The third kappa shape index (κ3) is 6.75. The summed E-state index contributed by atoms with van der Waals surface area (Å²) in [5, 5.41) is 14.1. The van der Waals surface area contributed by atoms with Crippen molar-refractivity contribution in [1.82, 2.24) is 19.8 Å². The number of hydrogen-bond donors (Lipinski definition) is 2. The first-order valence-electron chi connectivity index (χ1n) is 11.9. The summed E-state index contributed by atoms with van der Waals surface area (Å²) in [6.45, 7) is 12.5. The van der Waals surface area contributed by atoms with Gasteiger partial charge in [0.2, 0.25) is 17.8 Å². The van der Waals surface area contributed by atoms with Crippen LogP contribution >= 0.6 is 11.6 Å². The molecule has 2 aliphatic rings. The topological polar surface area (TPSA) is 102 Å². The predicted molar refractivity (Wildman–Crippen MR) is 138 cm³/mol. The van der Waals surface area contributed by atoms with Crippen molar-refractivity contribution < 1.29 is 14.7 Å². The number of nitrogens with one attached hydrogen (secondary N) is 1. The number of piperazine rings is 1. The Hall–Kier alpha value is -3.07. The van der Waals surface area contributed by atoms with Crippen LogP contribution in [0.2, 0.25) is 5.02 Å². The fourth-order valence-electron chi connectivity index (χ4n) is 4.08. The number of amides is 2. The molecule has 2 amide bonds. The first-order chi connectivity index (χ1) is 16.6. The average molecular weight is 503 g/mol. The van der Waals surface area contributed by atoms with E-state index in [0.29, 0.717) is 85.1 Å². The minimum absolute atomic E-state index is 0.0563. The first kappa shape index (κ1) is 26.5. The first-order valence-corrected chi connectivity index (χ1v) is 12.3. The van der Waals surface area contributed by atoms with Crippen molar-refractivity contribution in [2.24, 2.45) is 5.92 Å². The van der Waals surface area contributed by atoms with E-state index in [1.54, 1.807) is 14.0 Å². The summed E-state index contributed by atoms with van der Waals surface area (Å²) in [7, 11) is 1.63. The van der Waals surface area contributed by atoms with E-state index in [1.807, 2.05) is 9.80 Å². The molecule has 2 N–H and O–H groups in total. The van der Waals surface area contributed by atoms with Crippen molar-refractivity contribution in [1.29, 1.82) is 0 Å². The Kier molecular flexibility index (Phi) is 8.77. The normalized spacial score (nSPS) is 18.9. The number of anilines is 2. The highest BCUT2D eigenvalue weighted by atomic mass is 35.5. The van der Waals surface area contributed by atoms with Crippen LogP contribution in [-0.4, -0.2) is 69.9 Å². The van der Waals surface area contributed by atoms with Crippen molar-refractivity contribution in [3.05, 3.63) is 46.6 Å². The van der Waals surface area contributed by atoms with Gasteiger partial charge < -0.3 is 25.1 Å². The number of rotatable bonds is 7. The molecule has 0 spiro atoms. The van der Waals surface area contributed by atoms with E-state index in [1.165, 1.54) is 17.2 Å². The number of aliphatic hydroxyl groups excluding tert-OH is 1. The quantitative estimate of drug-likeness (QED) is 0.541. The number of aromatic nitrogens is 2. The Morgan fingerprint density at radius 2 is 1.97 bits per heavy atom. The molecule has 2 aliphatic heterocycles. The molecule has 0 unspecified atom stereocenters. The fraction of sp³-hybridized carbons (Fsp3) is 0.520. The van der Waals surface area contributed by atoms with Crippen LogP contribution < -0.4 is 10.2 Å². The fourth-order valence-corrected chi connectivity index (χ4v) is 4.22. The maximum Gasteiger partial charge on any atom is 0.227 e. The number of likely N-dealkylation sites (tertiary alicyclic amines) is 1. The predicted octanol–water partition coefficient (Wildman–Crippen LogP) is 4.11. The molecule has 3 rings (SSSR count). The van der Waals surface area contributed by atoms with Crippen LogP contribution in [0.4, 0.5) is 11.8 Å². The lowest BCUT2D eigenvalue weighted by atomic mass is 10.0. The van der Waals surface area contributed by atoms with Crippen LogP contribution in [0.1, 0.15) is 46.5 Å². The van der Waals surface area contributed by atoms with Crippen LogP contribution in [0.15, 0.2) is 41.6 Å². The largest absolute Gasteiger partial charge is 0.506 e. The lowest BCUT2D eigenvalue weighted by Crippen LogP contribution is -2.49. The number of allylic oxidation sites excluding steroid dienone is 3. The zero-order valence-electron chi connectivity index (χ0n) is 21.0. The summed E-state index contributed by atoms with van der Waals surface area (Å²) in [6.07, 6.45) is 5.43. The number of nitrogens with zero attached hydrogens (tertiary/aromatic N) is 5. The van der Waals surface area contributed by atoms with Crippen molar-refractivity contribution in [2.75, 3.05) is 43.4 Å². The van der Waals surface area contributed by atoms with Gasteiger partial charge in [0.05, 0.1) is 11.9 Å². The van der Waals surface area contributed by atoms with E-state index in [4.69, 9.17) is 11.6 Å². The zero-order chi connectivity index (χ0) is 25.7. The van der Waals surface area contributed by atoms with Gasteiger partial charge in [-0.2, -0.15) is 4.98 Å². The summed E-state index contributed by atoms with van der Waals surface area (Å²) in [6, 6.07) is 0. The van der Waals surface area contributed by atoms with Crippen molar-refractivity contribution in [2.45, 2.75) is 46.5 Å². The maximum atomic E-state index is 12.4. The number of carbonyl (C=O) groups is 2. The molecular formula is C25H35ClN6O3. The van der Waals surface area contributed by atoms with Gasteiger partial charge in [-0.25, -0.2) is 4.98 Å². The highest BCUT2D eigenvalue weighted by molar-refractivity contribution is 6.32. The highest BCUT2D eigenvalue weighted by Gasteiger charge is 2.25. The molecule has 2 fully saturated rings. The molecule has 0 atom stereocenters. The standard InChI is InChI=1S/C25H35ClN6O3/c1-16(2)6-8-22(35)31-10-12-32(13-11-31)25-27-15-19(26)24(29-25)28-18(4)14-20(33)23-17(3)7-9-21(34)30(23)5/h14-16,33H,3,6-13H2,1-2,4-5H3,(H,27,28,29)/b18-14+,23-20-. The number of piperidine rings is 1. The Morgan fingerprint density at radius 3 is 2.63 bits per heavy atom. The molecule has 190 valence electrons. The van der Waals surface area contributed by atoms with Gasteiger partial charge in [-0.1, -0.05) is 32.0 Å². The second kappa shape index (κ2) is 11.6. The van der Waals surface area contributed by atoms with E-state index in [0.717, 1.165) is 6.42 Å². The Bertz CT molecular complexity index is 1040. The zero-order valence-corrected chi connectivity index (χ0v) is 21.7. The van der Waals surface area contributed by atoms with E-state index >= 15 is 0 Å². The number of likely N-dealkylation sites (N-methyl/N-ethyl adjacent to an activating group) is 1. The van der Waals surface area contributed by atoms with Crippen LogP contribution in [0.5, 0.6) is 0 Å². The number of hydrogen-bond acceptors (Lipinski definition) is 7. The Labute approximate surface area is 212 Å². The van der Waals surface area contributed by atoms with Crippen molar-refractivity contribution in [3.8, 4) is 0 Å². The number of aliphatic hydroxyl groups is 1. The number of carbonyl (C=O) groups excluding carboxylic acids is 2. The number of halogens is 1. The lowest BCUT2D eigenvalue weighted by Gasteiger charge is -2.35. The second-order valence-corrected chi connectivity index (χ2v) is 9.82. The molecule has 0 aliphatic carbocycles. The van der Waals surface area contributed by atoms with Gasteiger partial charge >= 0.3 is 0 Å². The third-order valence-corrected chi connectivity index (χ3v) is 6.46.